The maximum absolute atomic E-state index is 12.9. The summed E-state index contributed by atoms with van der Waals surface area (Å²) in [5.74, 6) is 0.928. The van der Waals surface area contributed by atoms with Gasteiger partial charge in [0.05, 0.1) is 0 Å². The molecule has 2 atom stereocenters. The van der Waals surface area contributed by atoms with E-state index in [2.05, 4.69) is 5.32 Å². The third-order valence-corrected chi connectivity index (χ3v) is 4.41. The molecule has 1 aromatic carbocycles. The molecule has 1 fully saturated rings. The molecular weight excluding hydrogens is 249 g/mol. The number of benzene rings is 1. The van der Waals surface area contributed by atoms with E-state index in [9.17, 15) is 8.60 Å². The van der Waals surface area contributed by atoms with Crippen LogP contribution in [-0.4, -0.2) is 22.3 Å². The van der Waals surface area contributed by atoms with Gasteiger partial charge in [0.25, 0.3) is 0 Å². The van der Waals surface area contributed by atoms with Crippen LogP contribution in [0.15, 0.2) is 18.2 Å². The Hall–Kier alpha value is -0.450. The van der Waals surface area contributed by atoms with Gasteiger partial charge >= 0.3 is 0 Å². The van der Waals surface area contributed by atoms with Crippen molar-refractivity contribution in [2.24, 2.45) is 0 Å². The van der Waals surface area contributed by atoms with Crippen LogP contribution in [0.5, 0.6) is 0 Å². The fourth-order valence-corrected chi connectivity index (χ4v) is 3.42. The molecule has 0 aliphatic carbocycles. The van der Waals surface area contributed by atoms with Gasteiger partial charge in [-0.1, -0.05) is 17.7 Å². The number of hydrogen-bond acceptors (Lipinski definition) is 2. The normalized spacial score (nSPS) is 26.4. The highest BCUT2D eigenvalue weighted by Crippen LogP contribution is 2.25. The molecule has 1 aliphatic rings. The van der Waals surface area contributed by atoms with E-state index >= 15 is 0 Å². The summed E-state index contributed by atoms with van der Waals surface area (Å²) < 4.78 is 24.5. The Bertz CT molecular complexity index is 413. The van der Waals surface area contributed by atoms with E-state index in [4.69, 9.17) is 11.6 Å². The molecule has 16 heavy (non-hydrogen) atoms. The van der Waals surface area contributed by atoms with Gasteiger partial charge in [-0.15, -0.1) is 0 Å². The smallest absolute Gasteiger partial charge is 0.124 e. The van der Waals surface area contributed by atoms with Gasteiger partial charge in [-0.2, -0.15) is 0 Å². The third-order valence-electron chi connectivity index (χ3n) is 2.63. The van der Waals surface area contributed by atoms with Gasteiger partial charge in [0.15, 0.2) is 0 Å². The van der Waals surface area contributed by atoms with E-state index in [1.165, 1.54) is 12.1 Å². The predicted molar refractivity (Wildman–Crippen MR) is 64.6 cm³/mol. The SMILES string of the molecule is O=S1CCCNC(c2ccc(F)cc2Cl)C1. The van der Waals surface area contributed by atoms with Gasteiger partial charge in [-0.05, 0) is 30.7 Å². The molecule has 2 unspecified atom stereocenters. The predicted octanol–water partition coefficient (Wildman–Crippen LogP) is 2.26. The average molecular weight is 262 g/mol. The van der Waals surface area contributed by atoms with Crippen LogP contribution in [0.3, 0.4) is 0 Å². The van der Waals surface area contributed by atoms with Crippen LogP contribution in [0.1, 0.15) is 18.0 Å². The Morgan fingerprint density at radius 2 is 2.31 bits per heavy atom. The Labute approximate surface area is 102 Å². The molecule has 5 heteroatoms. The molecule has 0 radical (unpaired) electrons. The lowest BCUT2D eigenvalue weighted by atomic mass is 10.1. The van der Waals surface area contributed by atoms with Gasteiger partial charge in [0.2, 0.25) is 0 Å². The topological polar surface area (TPSA) is 29.1 Å². The monoisotopic (exact) mass is 261 g/mol. The number of hydrogen-bond donors (Lipinski definition) is 1. The molecule has 1 heterocycles. The van der Waals surface area contributed by atoms with Gasteiger partial charge in [-0.25, -0.2) is 4.39 Å². The minimum atomic E-state index is -0.817. The van der Waals surface area contributed by atoms with Crippen molar-refractivity contribution in [2.45, 2.75) is 12.5 Å². The molecule has 1 aromatic rings. The second kappa shape index (κ2) is 5.25. The zero-order valence-corrected chi connectivity index (χ0v) is 10.3. The molecule has 0 bridgehead atoms. The van der Waals surface area contributed by atoms with Crippen LogP contribution in [-0.2, 0) is 10.8 Å². The maximum Gasteiger partial charge on any atom is 0.124 e. The number of halogens is 2. The number of rotatable bonds is 1. The quantitative estimate of drug-likeness (QED) is 0.840. The van der Waals surface area contributed by atoms with E-state index in [0.29, 0.717) is 10.8 Å². The minimum absolute atomic E-state index is 0.0311. The Morgan fingerprint density at radius 3 is 3.06 bits per heavy atom. The summed E-state index contributed by atoms with van der Waals surface area (Å²) in [6.45, 7) is 0.824. The summed E-state index contributed by atoms with van der Waals surface area (Å²) in [6, 6.07) is 4.32. The first-order valence-corrected chi connectivity index (χ1v) is 7.07. The van der Waals surface area contributed by atoms with Gasteiger partial charge in [-0.3, -0.25) is 4.21 Å². The molecule has 1 N–H and O–H groups in total. The highest BCUT2D eigenvalue weighted by Gasteiger charge is 2.20. The fourth-order valence-electron chi connectivity index (χ4n) is 1.82. The minimum Gasteiger partial charge on any atom is -0.309 e. The Kier molecular flexibility index (Phi) is 3.95. The Morgan fingerprint density at radius 1 is 1.50 bits per heavy atom. The van der Waals surface area contributed by atoms with E-state index in [-0.39, 0.29) is 11.9 Å². The second-order valence-electron chi connectivity index (χ2n) is 3.84. The highest BCUT2D eigenvalue weighted by atomic mass is 35.5. The summed E-state index contributed by atoms with van der Waals surface area (Å²) in [4.78, 5) is 0. The van der Waals surface area contributed by atoms with Crippen LogP contribution >= 0.6 is 11.6 Å². The largest absolute Gasteiger partial charge is 0.309 e. The maximum atomic E-state index is 12.9. The first kappa shape index (κ1) is 12.0. The average Bonchev–Trinajstić information content (AvgIpc) is 2.43. The molecule has 0 spiro atoms. The van der Waals surface area contributed by atoms with E-state index in [1.807, 2.05) is 0 Å². The lowest BCUT2D eigenvalue weighted by Crippen LogP contribution is -2.24. The molecule has 0 aromatic heterocycles. The molecule has 2 rings (SSSR count). The van der Waals surface area contributed by atoms with Crippen molar-refractivity contribution < 1.29 is 8.60 Å². The van der Waals surface area contributed by atoms with Gasteiger partial charge < -0.3 is 5.32 Å². The number of nitrogens with one attached hydrogen (secondary N) is 1. The molecule has 88 valence electrons. The van der Waals surface area contributed by atoms with Crippen LogP contribution in [0.25, 0.3) is 0 Å². The van der Waals surface area contributed by atoms with Gasteiger partial charge in [0, 0.05) is 33.4 Å². The molecule has 1 aliphatic heterocycles. The van der Waals surface area contributed by atoms with Crippen LogP contribution in [0.2, 0.25) is 5.02 Å². The van der Waals surface area contributed by atoms with Crippen molar-refractivity contribution in [3.05, 3.63) is 34.6 Å². The van der Waals surface area contributed by atoms with Crippen molar-refractivity contribution in [2.75, 3.05) is 18.1 Å². The highest BCUT2D eigenvalue weighted by molar-refractivity contribution is 7.85. The third kappa shape index (κ3) is 2.81. The van der Waals surface area contributed by atoms with Crippen molar-refractivity contribution in [1.29, 1.82) is 0 Å². The van der Waals surface area contributed by atoms with E-state index in [0.717, 1.165) is 24.3 Å². The lowest BCUT2D eigenvalue weighted by Gasteiger charge is -2.16. The lowest BCUT2D eigenvalue weighted by molar-refractivity contribution is 0.583. The molecule has 0 saturated carbocycles. The van der Waals surface area contributed by atoms with Crippen molar-refractivity contribution in [1.82, 2.24) is 5.32 Å². The van der Waals surface area contributed by atoms with Crippen molar-refractivity contribution in [3.63, 3.8) is 0 Å². The Balaban J connectivity index is 2.24. The van der Waals surface area contributed by atoms with E-state index in [1.54, 1.807) is 6.07 Å². The summed E-state index contributed by atoms with van der Waals surface area (Å²) in [7, 11) is -0.817. The fraction of sp³-hybridized carbons (Fsp3) is 0.455. The summed E-state index contributed by atoms with van der Waals surface area (Å²) in [5, 5.41) is 3.69. The molecule has 2 nitrogen and oxygen atoms in total. The summed E-state index contributed by atoms with van der Waals surface area (Å²) in [5.41, 5.74) is 0.832. The zero-order chi connectivity index (χ0) is 11.5. The van der Waals surface area contributed by atoms with E-state index < -0.39 is 10.8 Å². The molecule has 1 saturated heterocycles. The first-order chi connectivity index (χ1) is 7.66. The summed E-state index contributed by atoms with van der Waals surface area (Å²) >= 11 is 5.98. The zero-order valence-electron chi connectivity index (χ0n) is 8.71. The second-order valence-corrected chi connectivity index (χ2v) is 5.87. The van der Waals surface area contributed by atoms with Crippen LogP contribution < -0.4 is 5.32 Å². The van der Waals surface area contributed by atoms with Crippen molar-refractivity contribution in [3.8, 4) is 0 Å². The molecular formula is C11H13ClFNOS. The summed E-state index contributed by atoms with van der Waals surface area (Å²) in [6.07, 6.45) is 0.905. The molecule has 0 amide bonds. The van der Waals surface area contributed by atoms with Gasteiger partial charge in [0.1, 0.15) is 5.82 Å². The standard InChI is InChI=1S/C11H13ClFNOS/c12-10-6-8(13)2-3-9(10)11-7-16(15)5-1-4-14-11/h2-3,6,11,14H,1,4-5,7H2. The van der Waals surface area contributed by atoms with Crippen LogP contribution in [0, 0.1) is 5.82 Å². The van der Waals surface area contributed by atoms with Crippen molar-refractivity contribution >= 4 is 22.4 Å². The first-order valence-electron chi connectivity index (χ1n) is 5.20. The van der Waals surface area contributed by atoms with Crippen LogP contribution in [0.4, 0.5) is 4.39 Å².